The van der Waals surface area contributed by atoms with Crippen LogP contribution in [-0.2, 0) is 4.79 Å². The Morgan fingerprint density at radius 1 is 0.511 bits per heavy atom. The van der Waals surface area contributed by atoms with Gasteiger partial charge in [-0.1, -0.05) is 192 Å². The third-order valence-electron chi connectivity index (χ3n) is 8.92. The van der Waals surface area contributed by atoms with Gasteiger partial charge in [-0.25, -0.2) is 0 Å². The molecule has 0 aromatic carbocycles. The number of allylic oxidation sites excluding steroid dienone is 5. The second-order valence-electron chi connectivity index (χ2n) is 13.3. The Kier molecular flexibility index (Phi) is 35.9. The fourth-order valence-corrected chi connectivity index (χ4v) is 5.82. The maximum absolute atomic E-state index is 11.4. The predicted molar refractivity (Wildman–Crippen MR) is 198 cm³/mol. The SMILES string of the molecule is CCCCCCCCCCCCCCCCCCCCCCCCC/C=C/CC/C=C/CC/C=C/C(O)C(CO)NC(=O)CC. The molecule has 0 aromatic heterocycles. The van der Waals surface area contributed by atoms with Crippen LogP contribution in [0.5, 0.6) is 0 Å². The third kappa shape index (κ3) is 33.8. The number of hydrogen-bond donors (Lipinski definition) is 3. The lowest BCUT2D eigenvalue weighted by Crippen LogP contribution is -2.44. The summed E-state index contributed by atoms with van der Waals surface area (Å²) < 4.78 is 0. The Bertz CT molecular complexity index is 686. The predicted octanol–water partition coefficient (Wildman–Crippen LogP) is 11.8. The summed E-state index contributed by atoms with van der Waals surface area (Å²) in [4.78, 5) is 11.4. The van der Waals surface area contributed by atoms with Crippen LogP contribution in [0.4, 0.5) is 0 Å². The van der Waals surface area contributed by atoms with Crippen molar-refractivity contribution in [1.29, 1.82) is 0 Å². The molecule has 0 aliphatic carbocycles. The van der Waals surface area contributed by atoms with Gasteiger partial charge < -0.3 is 15.5 Å². The maximum Gasteiger partial charge on any atom is 0.220 e. The molecule has 1 amide bonds. The highest BCUT2D eigenvalue weighted by Crippen LogP contribution is 2.16. The van der Waals surface area contributed by atoms with Crippen molar-refractivity contribution in [1.82, 2.24) is 5.32 Å². The molecule has 4 nitrogen and oxygen atoms in total. The van der Waals surface area contributed by atoms with Gasteiger partial charge in [-0.3, -0.25) is 4.79 Å². The van der Waals surface area contributed by atoms with Crippen molar-refractivity contribution < 1.29 is 15.0 Å². The number of aliphatic hydroxyl groups excluding tert-OH is 2. The smallest absolute Gasteiger partial charge is 0.220 e. The van der Waals surface area contributed by atoms with E-state index in [2.05, 4.69) is 36.5 Å². The van der Waals surface area contributed by atoms with E-state index >= 15 is 0 Å². The Labute approximate surface area is 281 Å². The summed E-state index contributed by atoms with van der Waals surface area (Å²) in [5.41, 5.74) is 0. The molecular weight excluding hydrogens is 554 g/mol. The Morgan fingerprint density at radius 3 is 1.20 bits per heavy atom. The molecule has 0 spiro atoms. The average Bonchev–Trinajstić information content (AvgIpc) is 3.05. The average molecular weight is 632 g/mol. The Balaban J connectivity index is 3.33. The number of amides is 1. The fourth-order valence-electron chi connectivity index (χ4n) is 5.82. The molecule has 0 bridgehead atoms. The molecule has 0 aromatic rings. The Hall–Kier alpha value is -1.39. The zero-order valence-corrected chi connectivity index (χ0v) is 30.1. The molecule has 0 aliphatic heterocycles. The first-order chi connectivity index (χ1) is 22.2. The summed E-state index contributed by atoms with van der Waals surface area (Å²) in [6.07, 6.45) is 50.4. The van der Waals surface area contributed by atoms with E-state index < -0.39 is 12.1 Å². The highest BCUT2D eigenvalue weighted by Gasteiger charge is 2.17. The van der Waals surface area contributed by atoms with Crippen molar-refractivity contribution in [3.05, 3.63) is 36.5 Å². The molecule has 0 saturated carbocycles. The minimum absolute atomic E-state index is 0.167. The van der Waals surface area contributed by atoms with Crippen LogP contribution in [0, 0.1) is 0 Å². The van der Waals surface area contributed by atoms with Crippen LogP contribution in [0.2, 0.25) is 0 Å². The van der Waals surface area contributed by atoms with Gasteiger partial charge >= 0.3 is 0 Å². The van der Waals surface area contributed by atoms with E-state index in [1.54, 1.807) is 13.0 Å². The summed E-state index contributed by atoms with van der Waals surface area (Å²) >= 11 is 0. The van der Waals surface area contributed by atoms with E-state index in [9.17, 15) is 15.0 Å². The van der Waals surface area contributed by atoms with Crippen molar-refractivity contribution in [2.24, 2.45) is 0 Å². The molecule has 2 atom stereocenters. The number of unbranched alkanes of at least 4 members (excludes halogenated alkanes) is 25. The normalized spacial score (nSPS) is 13.4. The lowest BCUT2D eigenvalue weighted by molar-refractivity contribution is -0.122. The van der Waals surface area contributed by atoms with E-state index in [4.69, 9.17) is 0 Å². The van der Waals surface area contributed by atoms with Crippen LogP contribution in [-0.4, -0.2) is 34.9 Å². The van der Waals surface area contributed by atoms with Crippen LogP contribution in [0.15, 0.2) is 36.5 Å². The number of aliphatic hydroxyl groups is 2. The van der Waals surface area contributed by atoms with E-state index in [-0.39, 0.29) is 12.5 Å². The molecule has 3 N–H and O–H groups in total. The number of nitrogens with one attached hydrogen (secondary N) is 1. The molecular formula is C41H77NO3. The third-order valence-corrected chi connectivity index (χ3v) is 8.92. The van der Waals surface area contributed by atoms with Gasteiger partial charge in [-0.05, 0) is 38.5 Å². The monoisotopic (exact) mass is 632 g/mol. The minimum atomic E-state index is -0.863. The first kappa shape index (κ1) is 43.6. The molecule has 0 rings (SSSR count). The van der Waals surface area contributed by atoms with Crippen molar-refractivity contribution >= 4 is 5.91 Å². The molecule has 45 heavy (non-hydrogen) atoms. The van der Waals surface area contributed by atoms with Gasteiger partial charge in [0.2, 0.25) is 5.91 Å². The van der Waals surface area contributed by atoms with Crippen molar-refractivity contribution in [2.45, 2.75) is 212 Å². The van der Waals surface area contributed by atoms with Crippen molar-refractivity contribution in [3.8, 4) is 0 Å². The summed E-state index contributed by atoms with van der Waals surface area (Å²) in [6.45, 7) is 3.77. The fraction of sp³-hybridized carbons (Fsp3) is 0.829. The molecule has 0 heterocycles. The number of carbonyl (C=O) groups is 1. The molecule has 0 aliphatic rings. The Morgan fingerprint density at radius 2 is 0.844 bits per heavy atom. The van der Waals surface area contributed by atoms with E-state index in [1.807, 2.05) is 6.08 Å². The lowest BCUT2D eigenvalue weighted by atomic mass is 10.0. The second-order valence-corrected chi connectivity index (χ2v) is 13.3. The summed E-state index contributed by atoms with van der Waals surface area (Å²) in [5.74, 6) is -0.167. The number of carbonyl (C=O) groups excluding carboxylic acids is 1. The van der Waals surface area contributed by atoms with Gasteiger partial charge in [-0.2, -0.15) is 0 Å². The molecule has 264 valence electrons. The highest BCUT2D eigenvalue weighted by atomic mass is 16.3. The highest BCUT2D eigenvalue weighted by molar-refractivity contribution is 5.75. The van der Waals surface area contributed by atoms with Crippen LogP contribution in [0.25, 0.3) is 0 Å². The zero-order chi connectivity index (χ0) is 32.9. The summed E-state index contributed by atoms with van der Waals surface area (Å²) in [7, 11) is 0. The first-order valence-electron chi connectivity index (χ1n) is 19.7. The topological polar surface area (TPSA) is 69.6 Å². The van der Waals surface area contributed by atoms with Crippen LogP contribution in [0.3, 0.4) is 0 Å². The number of hydrogen-bond acceptors (Lipinski definition) is 3. The molecule has 0 radical (unpaired) electrons. The summed E-state index contributed by atoms with van der Waals surface area (Å²) in [6, 6.07) is -0.639. The van der Waals surface area contributed by atoms with Crippen LogP contribution < -0.4 is 5.32 Å². The maximum atomic E-state index is 11.4. The van der Waals surface area contributed by atoms with Gasteiger partial charge in [0, 0.05) is 6.42 Å². The molecule has 4 heteroatoms. The largest absolute Gasteiger partial charge is 0.394 e. The van der Waals surface area contributed by atoms with Gasteiger partial charge in [0.05, 0.1) is 18.8 Å². The zero-order valence-electron chi connectivity index (χ0n) is 30.1. The van der Waals surface area contributed by atoms with Gasteiger partial charge in [0.25, 0.3) is 0 Å². The van der Waals surface area contributed by atoms with E-state index in [0.29, 0.717) is 6.42 Å². The van der Waals surface area contributed by atoms with Crippen molar-refractivity contribution in [2.75, 3.05) is 6.61 Å². The van der Waals surface area contributed by atoms with Gasteiger partial charge in [0.15, 0.2) is 0 Å². The first-order valence-corrected chi connectivity index (χ1v) is 19.7. The second kappa shape index (κ2) is 37.1. The quantitative estimate of drug-likeness (QED) is 0.0481. The van der Waals surface area contributed by atoms with Crippen LogP contribution in [0.1, 0.15) is 200 Å². The van der Waals surface area contributed by atoms with Gasteiger partial charge in [-0.15, -0.1) is 0 Å². The van der Waals surface area contributed by atoms with Gasteiger partial charge in [0.1, 0.15) is 0 Å². The summed E-state index contributed by atoms with van der Waals surface area (Å²) in [5, 5.41) is 22.1. The molecule has 0 fully saturated rings. The molecule has 2 unspecified atom stereocenters. The van der Waals surface area contributed by atoms with E-state index in [0.717, 1.165) is 25.7 Å². The minimum Gasteiger partial charge on any atom is -0.394 e. The standard InChI is InChI=1S/C41H77NO3/c1-3-5-6-7-8-9-10-11-12-13-14-15-16-17-18-19-20-21-22-23-24-25-26-27-28-29-30-31-32-33-34-35-36-37-40(44)39(38-43)42-41(45)4-2/h28-29,32-33,36-37,39-40,43-44H,3-27,30-31,34-35,38H2,1-2H3,(H,42,45)/b29-28+,33-32+,37-36+. The number of rotatable bonds is 35. The molecule has 0 saturated heterocycles. The van der Waals surface area contributed by atoms with Crippen molar-refractivity contribution in [3.63, 3.8) is 0 Å². The van der Waals surface area contributed by atoms with E-state index in [1.165, 1.54) is 154 Å². The van der Waals surface area contributed by atoms with Crippen LogP contribution >= 0.6 is 0 Å². The lowest BCUT2D eigenvalue weighted by Gasteiger charge is -2.19.